The minimum atomic E-state index is -0.522. The number of aliphatic hydroxyl groups excluding tert-OH is 1. The van der Waals surface area contributed by atoms with Gasteiger partial charge < -0.3 is 24.4 Å². The lowest BCUT2D eigenvalue weighted by Crippen LogP contribution is -2.52. The van der Waals surface area contributed by atoms with Gasteiger partial charge in [0.2, 0.25) is 5.91 Å². The maximum atomic E-state index is 12.8. The third-order valence-electron chi connectivity index (χ3n) is 5.21. The van der Waals surface area contributed by atoms with E-state index >= 15 is 0 Å². The molecular formula is C19H28N2O4. The van der Waals surface area contributed by atoms with E-state index < -0.39 is 6.10 Å². The lowest BCUT2D eigenvalue weighted by Gasteiger charge is -2.38. The number of amides is 1. The molecule has 0 aliphatic carbocycles. The number of para-hydroxylation sites is 2. The number of ether oxygens (including phenoxy) is 2. The Morgan fingerprint density at radius 1 is 1.12 bits per heavy atom. The largest absolute Gasteiger partial charge is 0.493 e. The highest BCUT2D eigenvalue weighted by molar-refractivity contribution is 5.80. The Labute approximate surface area is 149 Å². The number of rotatable bonds is 4. The highest BCUT2D eigenvalue weighted by atomic mass is 16.5. The van der Waals surface area contributed by atoms with Crippen LogP contribution in [0.5, 0.6) is 11.5 Å². The van der Waals surface area contributed by atoms with Gasteiger partial charge in [-0.3, -0.25) is 4.79 Å². The van der Waals surface area contributed by atoms with Crippen molar-refractivity contribution >= 4 is 5.91 Å². The predicted octanol–water partition coefficient (Wildman–Crippen LogP) is 1.38. The van der Waals surface area contributed by atoms with Crippen LogP contribution in [0, 0.1) is 5.92 Å². The van der Waals surface area contributed by atoms with Crippen LogP contribution < -0.4 is 9.47 Å². The molecule has 6 heteroatoms. The molecule has 1 N–H and O–H groups in total. The fourth-order valence-corrected chi connectivity index (χ4v) is 3.67. The van der Waals surface area contributed by atoms with Gasteiger partial charge in [-0.1, -0.05) is 12.1 Å². The molecule has 25 heavy (non-hydrogen) atoms. The van der Waals surface area contributed by atoms with E-state index in [1.807, 2.05) is 36.2 Å². The van der Waals surface area contributed by atoms with E-state index in [9.17, 15) is 9.90 Å². The molecule has 0 radical (unpaired) electrons. The number of hydrogen-bond acceptors (Lipinski definition) is 5. The Morgan fingerprint density at radius 3 is 2.48 bits per heavy atom. The van der Waals surface area contributed by atoms with Crippen LogP contribution in [0.4, 0.5) is 0 Å². The summed E-state index contributed by atoms with van der Waals surface area (Å²) in [7, 11) is 3.63. The van der Waals surface area contributed by atoms with Crippen LogP contribution >= 0.6 is 0 Å². The maximum Gasteiger partial charge on any atom is 0.229 e. The summed E-state index contributed by atoms with van der Waals surface area (Å²) in [5.74, 6) is 1.26. The van der Waals surface area contributed by atoms with Crippen LogP contribution in [0.15, 0.2) is 24.3 Å². The smallest absolute Gasteiger partial charge is 0.229 e. The van der Waals surface area contributed by atoms with Crippen LogP contribution in [0.1, 0.15) is 19.3 Å². The van der Waals surface area contributed by atoms with E-state index in [2.05, 4.69) is 4.90 Å². The standard InChI is InChI=1S/C19H28N2O4/c1-20-10-9-16(22)15(13-20)19(23)21-11-7-14(8-12-21)25-18-6-4-3-5-17(18)24-2/h3-6,14-16,22H,7-13H2,1-2H3/t15-,16+/m1/s1. The predicted molar refractivity (Wildman–Crippen MR) is 94.8 cm³/mol. The molecule has 0 spiro atoms. The van der Waals surface area contributed by atoms with Gasteiger partial charge >= 0.3 is 0 Å². The molecule has 6 nitrogen and oxygen atoms in total. The first-order valence-corrected chi connectivity index (χ1v) is 9.03. The molecule has 138 valence electrons. The fourth-order valence-electron chi connectivity index (χ4n) is 3.67. The first-order valence-electron chi connectivity index (χ1n) is 9.03. The summed E-state index contributed by atoms with van der Waals surface area (Å²) >= 11 is 0. The van der Waals surface area contributed by atoms with Crippen LogP contribution in [0.25, 0.3) is 0 Å². The van der Waals surface area contributed by atoms with Crippen molar-refractivity contribution in [2.75, 3.05) is 40.3 Å². The van der Waals surface area contributed by atoms with Crippen LogP contribution in [0.3, 0.4) is 0 Å². The molecule has 1 aromatic carbocycles. The zero-order valence-corrected chi connectivity index (χ0v) is 15.1. The second kappa shape index (κ2) is 8.06. The van der Waals surface area contributed by atoms with Gasteiger partial charge in [-0.25, -0.2) is 0 Å². The van der Waals surface area contributed by atoms with Crippen molar-refractivity contribution in [1.82, 2.24) is 9.80 Å². The third-order valence-corrected chi connectivity index (χ3v) is 5.21. The quantitative estimate of drug-likeness (QED) is 0.891. The van der Waals surface area contributed by atoms with Gasteiger partial charge in [-0.05, 0) is 25.6 Å². The summed E-state index contributed by atoms with van der Waals surface area (Å²) < 4.78 is 11.4. The number of methoxy groups -OCH3 is 1. The average molecular weight is 348 g/mol. The minimum absolute atomic E-state index is 0.0785. The average Bonchev–Trinajstić information content (AvgIpc) is 2.64. The van der Waals surface area contributed by atoms with Crippen LogP contribution in [-0.2, 0) is 4.79 Å². The Balaban J connectivity index is 1.54. The van der Waals surface area contributed by atoms with Crippen molar-refractivity contribution in [3.8, 4) is 11.5 Å². The highest BCUT2D eigenvalue weighted by Gasteiger charge is 2.36. The number of hydrogen-bond donors (Lipinski definition) is 1. The molecule has 0 unspecified atom stereocenters. The Hall–Kier alpha value is -1.79. The third kappa shape index (κ3) is 4.25. The summed E-state index contributed by atoms with van der Waals surface area (Å²) in [5, 5.41) is 10.2. The lowest BCUT2D eigenvalue weighted by atomic mass is 9.92. The van der Waals surface area contributed by atoms with E-state index in [4.69, 9.17) is 9.47 Å². The van der Waals surface area contributed by atoms with Gasteiger partial charge in [0, 0.05) is 39.0 Å². The maximum absolute atomic E-state index is 12.8. The van der Waals surface area contributed by atoms with Crippen molar-refractivity contribution in [1.29, 1.82) is 0 Å². The number of aliphatic hydroxyl groups is 1. The van der Waals surface area contributed by atoms with E-state index in [1.165, 1.54) is 0 Å². The molecule has 0 aromatic heterocycles. The second-order valence-electron chi connectivity index (χ2n) is 7.02. The fraction of sp³-hybridized carbons (Fsp3) is 0.632. The van der Waals surface area contributed by atoms with Crippen molar-refractivity contribution in [3.63, 3.8) is 0 Å². The van der Waals surface area contributed by atoms with Crippen LogP contribution in [0.2, 0.25) is 0 Å². The lowest BCUT2D eigenvalue weighted by molar-refractivity contribution is -0.144. The molecule has 0 saturated carbocycles. The number of likely N-dealkylation sites (tertiary alicyclic amines) is 2. The van der Waals surface area contributed by atoms with Crippen molar-refractivity contribution in [3.05, 3.63) is 24.3 Å². The molecule has 0 bridgehead atoms. The number of carbonyl (C=O) groups excluding carboxylic acids is 1. The first-order chi connectivity index (χ1) is 12.1. The van der Waals surface area contributed by atoms with E-state index in [0.717, 1.165) is 30.9 Å². The number of benzene rings is 1. The van der Waals surface area contributed by atoms with E-state index in [-0.39, 0.29) is 17.9 Å². The monoisotopic (exact) mass is 348 g/mol. The summed E-state index contributed by atoms with van der Waals surface area (Å²) in [6.45, 7) is 2.83. The molecule has 2 aliphatic heterocycles. The summed E-state index contributed by atoms with van der Waals surface area (Å²) in [4.78, 5) is 16.8. The Bertz CT molecular complexity index is 587. The highest BCUT2D eigenvalue weighted by Crippen LogP contribution is 2.29. The zero-order valence-electron chi connectivity index (χ0n) is 15.1. The number of carbonyl (C=O) groups is 1. The van der Waals surface area contributed by atoms with Gasteiger partial charge in [0.15, 0.2) is 11.5 Å². The van der Waals surface area contributed by atoms with Gasteiger partial charge in [0.1, 0.15) is 6.10 Å². The minimum Gasteiger partial charge on any atom is -0.493 e. The topological polar surface area (TPSA) is 62.2 Å². The van der Waals surface area contributed by atoms with Crippen molar-refractivity contribution in [2.45, 2.75) is 31.5 Å². The summed E-state index contributed by atoms with van der Waals surface area (Å²) in [5.41, 5.74) is 0. The molecule has 1 amide bonds. The molecule has 1 aromatic rings. The molecule has 2 heterocycles. The van der Waals surface area contributed by atoms with Gasteiger partial charge in [0.05, 0.1) is 19.1 Å². The first kappa shape index (κ1) is 18.0. The molecule has 3 rings (SSSR count). The van der Waals surface area contributed by atoms with Crippen molar-refractivity contribution < 1.29 is 19.4 Å². The second-order valence-corrected chi connectivity index (χ2v) is 7.02. The number of piperidine rings is 2. The van der Waals surface area contributed by atoms with Crippen molar-refractivity contribution in [2.24, 2.45) is 5.92 Å². The van der Waals surface area contributed by atoms with E-state index in [1.54, 1.807) is 7.11 Å². The van der Waals surface area contributed by atoms with Gasteiger partial charge in [0.25, 0.3) is 0 Å². The zero-order chi connectivity index (χ0) is 17.8. The normalized spacial score (nSPS) is 25.6. The Kier molecular flexibility index (Phi) is 5.81. The molecule has 2 aliphatic rings. The Morgan fingerprint density at radius 2 is 1.80 bits per heavy atom. The van der Waals surface area contributed by atoms with Crippen LogP contribution in [-0.4, -0.2) is 73.4 Å². The number of nitrogens with zero attached hydrogens (tertiary/aromatic N) is 2. The van der Waals surface area contributed by atoms with Gasteiger partial charge in [-0.15, -0.1) is 0 Å². The molecule has 2 fully saturated rings. The summed E-state index contributed by atoms with van der Waals surface area (Å²) in [6, 6.07) is 7.64. The van der Waals surface area contributed by atoms with E-state index in [0.29, 0.717) is 26.1 Å². The molecule has 2 saturated heterocycles. The van der Waals surface area contributed by atoms with Gasteiger partial charge in [-0.2, -0.15) is 0 Å². The molecular weight excluding hydrogens is 320 g/mol. The summed E-state index contributed by atoms with van der Waals surface area (Å²) in [6.07, 6.45) is 1.82. The SMILES string of the molecule is COc1ccccc1OC1CCN(C(=O)[C@@H]2CN(C)CC[C@@H]2O)CC1. The molecule has 2 atom stereocenters.